The van der Waals surface area contributed by atoms with Crippen molar-refractivity contribution in [3.05, 3.63) is 42.0 Å². The molecule has 1 aromatic carbocycles. The molecule has 7 heteroatoms. The molecule has 21 heavy (non-hydrogen) atoms. The summed E-state index contributed by atoms with van der Waals surface area (Å²) in [4.78, 5) is 16.5. The summed E-state index contributed by atoms with van der Waals surface area (Å²) in [6.45, 7) is 3.90. The highest BCUT2D eigenvalue weighted by Crippen LogP contribution is 2.14. The number of Topliss-reactive ketones (excluding diaryl/α,β-unsaturated/α-hetero) is 1. The predicted octanol–water partition coefficient (Wildman–Crippen LogP) is 1.69. The van der Waals surface area contributed by atoms with E-state index < -0.39 is 9.84 Å². The fourth-order valence-electron chi connectivity index (χ4n) is 1.98. The molecule has 0 atom stereocenters. The van der Waals surface area contributed by atoms with Crippen LogP contribution in [0.15, 0.2) is 35.5 Å². The van der Waals surface area contributed by atoms with Gasteiger partial charge in [0.15, 0.2) is 15.6 Å². The first kappa shape index (κ1) is 15.4. The van der Waals surface area contributed by atoms with Crippen molar-refractivity contribution in [2.45, 2.75) is 31.2 Å². The second kappa shape index (κ2) is 5.77. The third-order valence-electron chi connectivity index (χ3n) is 3.04. The first-order valence-electron chi connectivity index (χ1n) is 6.50. The molecule has 1 heterocycles. The lowest BCUT2D eigenvalue weighted by Crippen LogP contribution is -2.13. The van der Waals surface area contributed by atoms with Crippen molar-refractivity contribution in [2.24, 2.45) is 0 Å². The summed E-state index contributed by atoms with van der Waals surface area (Å²) in [5.74, 6) is 0.384. The smallest absolute Gasteiger partial charge is 0.175 e. The SMILES string of the molecule is CC(C)n1ncnc1CC(=O)c1cccc(S(C)(=O)=O)c1. The Hall–Kier alpha value is -2.02. The van der Waals surface area contributed by atoms with Gasteiger partial charge >= 0.3 is 0 Å². The van der Waals surface area contributed by atoms with Crippen LogP contribution >= 0.6 is 0 Å². The molecule has 0 aliphatic heterocycles. The van der Waals surface area contributed by atoms with E-state index in [4.69, 9.17) is 0 Å². The summed E-state index contributed by atoms with van der Waals surface area (Å²) in [6.07, 6.45) is 2.62. The Labute approximate surface area is 123 Å². The zero-order chi connectivity index (χ0) is 15.6. The molecule has 0 aliphatic carbocycles. The molecule has 0 saturated heterocycles. The minimum Gasteiger partial charge on any atom is -0.294 e. The van der Waals surface area contributed by atoms with Gasteiger partial charge in [0.25, 0.3) is 0 Å². The lowest BCUT2D eigenvalue weighted by molar-refractivity contribution is 0.0989. The summed E-state index contributed by atoms with van der Waals surface area (Å²) in [5.41, 5.74) is 0.358. The van der Waals surface area contributed by atoms with Crippen LogP contribution in [-0.4, -0.2) is 35.2 Å². The van der Waals surface area contributed by atoms with E-state index in [0.29, 0.717) is 11.4 Å². The van der Waals surface area contributed by atoms with Gasteiger partial charge in [-0.05, 0) is 26.0 Å². The molecule has 6 nitrogen and oxygen atoms in total. The summed E-state index contributed by atoms with van der Waals surface area (Å²) in [6, 6.07) is 6.15. The molecule has 0 amide bonds. The van der Waals surface area contributed by atoms with E-state index in [2.05, 4.69) is 10.1 Å². The Morgan fingerprint density at radius 1 is 1.33 bits per heavy atom. The maximum Gasteiger partial charge on any atom is 0.175 e. The highest BCUT2D eigenvalue weighted by Gasteiger charge is 2.16. The van der Waals surface area contributed by atoms with E-state index in [0.717, 1.165) is 6.26 Å². The van der Waals surface area contributed by atoms with E-state index >= 15 is 0 Å². The van der Waals surface area contributed by atoms with Crippen molar-refractivity contribution in [1.82, 2.24) is 14.8 Å². The van der Waals surface area contributed by atoms with Crippen molar-refractivity contribution >= 4 is 15.6 Å². The van der Waals surface area contributed by atoms with Gasteiger partial charge in [0.05, 0.1) is 11.3 Å². The Kier molecular flexibility index (Phi) is 4.22. The topological polar surface area (TPSA) is 81.9 Å². The van der Waals surface area contributed by atoms with E-state index in [9.17, 15) is 13.2 Å². The molecular formula is C14H17N3O3S. The molecule has 0 radical (unpaired) electrons. The molecule has 0 aliphatic rings. The summed E-state index contributed by atoms with van der Waals surface area (Å²) >= 11 is 0. The Bertz CT molecular complexity index is 763. The molecule has 112 valence electrons. The van der Waals surface area contributed by atoms with Crippen LogP contribution in [0.25, 0.3) is 0 Å². The number of sulfone groups is 1. The van der Waals surface area contributed by atoms with Gasteiger partial charge < -0.3 is 0 Å². The average molecular weight is 307 g/mol. The van der Waals surface area contributed by atoms with Gasteiger partial charge in [-0.3, -0.25) is 4.79 Å². The lowest BCUT2D eigenvalue weighted by atomic mass is 10.1. The minimum absolute atomic E-state index is 0.0887. The van der Waals surface area contributed by atoms with Gasteiger partial charge in [0.2, 0.25) is 0 Å². The van der Waals surface area contributed by atoms with E-state index in [1.165, 1.54) is 18.5 Å². The van der Waals surface area contributed by atoms with Crippen LogP contribution in [0.1, 0.15) is 36.1 Å². The molecule has 2 aromatic rings. The number of nitrogens with zero attached hydrogens (tertiary/aromatic N) is 3. The second-order valence-corrected chi connectivity index (χ2v) is 7.13. The van der Waals surface area contributed by atoms with Crippen molar-refractivity contribution in [3.8, 4) is 0 Å². The minimum atomic E-state index is -3.33. The number of carbonyl (C=O) groups excluding carboxylic acids is 1. The first-order chi connectivity index (χ1) is 9.79. The van der Waals surface area contributed by atoms with Crippen molar-refractivity contribution in [2.75, 3.05) is 6.26 Å². The summed E-state index contributed by atoms with van der Waals surface area (Å²) in [7, 11) is -3.33. The van der Waals surface area contributed by atoms with Crippen molar-refractivity contribution in [3.63, 3.8) is 0 Å². The van der Waals surface area contributed by atoms with Crippen LogP contribution in [0.2, 0.25) is 0 Å². The summed E-state index contributed by atoms with van der Waals surface area (Å²) in [5, 5.41) is 4.08. The van der Waals surface area contributed by atoms with Gasteiger partial charge in [-0.2, -0.15) is 5.10 Å². The number of hydrogen-bond acceptors (Lipinski definition) is 5. The molecule has 0 bridgehead atoms. The monoisotopic (exact) mass is 307 g/mol. The van der Waals surface area contributed by atoms with Crippen LogP contribution in [0.3, 0.4) is 0 Å². The van der Waals surface area contributed by atoms with Crippen LogP contribution in [0.4, 0.5) is 0 Å². The zero-order valence-electron chi connectivity index (χ0n) is 12.1. The van der Waals surface area contributed by atoms with Gasteiger partial charge in [0, 0.05) is 17.9 Å². The third kappa shape index (κ3) is 3.55. The first-order valence-corrected chi connectivity index (χ1v) is 8.40. The zero-order valence-corrected chi connectivity index (χ0v) is 13.0. The van der Waals surface area contributed by atoms with E-state index in [-0.39, 0.29) is 23.1 Å². The molecule has 0 N–H and O–H groups in total. The third-order valence-corrected chi connectivity index (χ3v) is 4.15. The molecule has 0 unspecified atom stereocenters. The fraction of sp³-hybridized carbons (Fsp3) is 0.357. The second-order valence-electron chi connectivity index (χ2n) is 5.11. The van der Waals surface area contributed by atoms with Crippen molar-refractivity contribution < 1.29 is 13.2 Å². The highest BCUT2D eigenvalue weighted by atomic mass is 32.2. The molecule has 0 spiro atoms. The normalized spacial score (nSPS) is 11.8. The predicted molar refractivity (Wildman–Crippen MR) is 78.0 cm³/mol. The molecule has 0 fully saturated rings. The highest BCUT2D eigenvalue weighted by molar-refractivity contribution is 7.90. The summed E-state index contributed by atoms with van der Waals surface area (Å²) < 4.78 is 24.7. The van der Waals surface area contributed by atoms with Gasteiger partial charge in [0.1, 0.15) is 12.2 Å². The van der Waals surface area contributed by atoms with E-state index in [1.54, 1.807) is 16.8 Å². The van der Waals surface area contributed by atoms with Crippen molar-refractivity contribution in [1.29, 1.82) is 0 Å². The van der Waals surface area contributed by atoms with Gasteiger partial charge in [-0.15, -0.1) is 0 Å². The largest absolute Gasteiger partial charge is 0.294 e. The molecule has 2 rings (SSSR count). The van der Waals surface area contributed by atoms with Crippen LogP contribution < -0.4 is 0 Å². The number of ketones is 1. The molecule has 1 aromatic heterocycles. The number of aromatic nitrogens is 3. The van der Waals surface area contributed by atoms with Crippen LogP contribution in [0, 0.1) is 0 Å². The van der Waals surface area contributed by atoms with Crippen LogP contribution in [-0.2, 0) is 16.3 Å². The lowest BCUT2D eigenvalue weighted by Gasteiger charge is -2.09. The standard InChI is InChI=1S/C14H17N3O3S/c1-10(2)17-14(15-9-16-17)8-13(18)11-5-4-6-12(7-11)21(3,19)20/h4-7,9-10H,8H2,1-3H3. The van der Waals surface area contributed by atoms with Gasteiger partial charge in [-0.1, -0.05) is 12.1 Å². The number of benzene rings is 1. The maximum atomic E-state index is 12.3. The Morgan fingerprint density at radius 2 is 2.05 bits per heavy atom. The van der Waals surface area contributed by atoms with Crippen LogP contribution in [0.5, 0.6) is 0 Å². The maximum absolute atomic E-state index is 12.3. The molecular weight excluding hydrogens is 290 g/mol. The quantitative estimate of drug-likeness (QED) is 0.785. The van der Waals surface area contributed by atoms with E-state index in [1.807, 2.05) is 13.8 Å². The van der Waals surface area contributed by atoms with Gasteiger partial charge in [-0.25, -0.2) is 18.1 Å². The fourth-order valence-corrected chi connectivity index (χ4v) is 2.64. The molecule has 0 saturated carbocycles. The number of hydrogen-bond donors (Lipinski definition) is 0. The number of carbonyl (C=O) groups is 1. The Balaban J connectivity index is 2.27. The number of rotatable bonds is 5. The Morgan fingerprint density at radius 3 is 2.67 bits per heavy atom. The average Bonchev–Trinajstić information content (AvgIpc) is 2.86.